The van der Waals surface area contributed by atoms with Crippen molar-refractivity contribution in [1.29, 1.82) is 0 Å². The van der Waals surface area contributed by atoms with E-state index in [1.54, 1.807) is 18.5 Å². The Balaban J connectivity index is 1.50. The third-order valence-electron chi connectivity index (χ3n) is 3.14. The van der Waals surface area contributed by atoms with Gasteiger partial charge in [0.25, 0.3) is 0 Å². The fourth-order valence-electron chi connectivity index (χ4n) is 1.84. The van der Waals surface area contributed by atoms with Crippen molar-refractivity contribution >= 4 is 17.5 Å². The second-order valence-electron chi connectivity index (χ2n) is 5.02. The first-order valence-corrected chi connectivity index (χ1v) is 6.96. The van der Waals surface area contributed by atoms with E-state index in [9.17, 15) is 4.79 Å². The summed E-state index contributed by atoms with van der Waals surface area (Å²) in [7, 11) is 0. The summed E-state index contributed by atoms with van der Waals surface area (Å²) in [4.78, 5) is 19.8. The number of aromatic nitrogens is 2. The molecule has 1 aliphatic rings. The first-order valence-electron chi connectivity index (χ1n) is 6.96. The topological polar surface area (TPSA) is 78.9 Å². The summed E-state index contributed by atoms with van der Waals surface area (Å²) < 4.78 is 0. The highest BCUT2D eigenvalue weighted by molar-refractivity contribution is 5.88. The Morgan fingerprint density at radius 3 is 2.81 bits per heavy atom. The van der Waals surface area contributed by atoms with Crippen molar-refractivity contribution in [3.8, 4) is 0 Å². The number of carbonyl (C=O) groups is 1. The third kappa shape index (κ3) is 4.17. The van der Waals surface area contributed by atoms with E-state index >= 15 is 0 Å². The molecule has 0 saturated heterocycles. The summed E-state index contributed by atoms with van der Waals surface area (Å²) in [6.45, 7) is 0.685. The molecule has 0 aromatic carbocycles. The molecule has 0 bridgehead atoms. The summed E-state index contributed by atoms with van der Waals surface area (Å²) in [5.74, 6) is 0.542. The number of carbonyl (C=O) groups excluding carboxylic acids is 1. The Morgan fingerprint density at radius 1 is 1.24 bits per heavy atom. The summed E-state index contributed by atoms with van der Waals surface area (Å²) >= 11 is 0. The van der Waals surface area contributed by atoms with Crippen LogP contribution in [0.1, 0.15) is 18.4 Å². The minimum atomic E-state index is -0.193. The zero-order valence-corrected chi connectivity index (χ0v) is 11.5. The fraction of sp³-hybridized carbons (Fsp3) is 0.267. The maximum Gasteiger partial charge on any atom is 0.320 e. The van der Waals surface area contributed by atoms with E-state index in [1.807, 2.05) is 24.4 Å². The largest absolute Gasteiger partial charge is 0.380 e. The van der Waals surface area contributed by atoms with E-state index in [0.29, 0.717) is 18.4 Å². The normalized spacial score (nSPS) is 13.5. The molecule has 3 N–H and O–H groups in total. The van der Waals surface area contributed by atoms with Gasteiger partial charge in [0.1, 0.15) is 5.82 Å². The molecule has 2 aromatic rings. The van der Waals surface area contributed by atoms with Crippen LogP contribution >= 0.6 is 0 Å². The van der Waals surface area contributed by atoms with E-state index in [-0.39, 0.29) is 6.03 Å². The highest BCUT2D eigenvalue weighted by Crippen LogP contribution is 2.18. The standard InChI is InChI=1S/C15H17N5O/c21-15(19-12-3-4-12)20-14-6-5-13(10-18-14)17-9-11-2-1-7-16-8-11/h1-2,5-8,10,12,17H,3-4,9H2,(H2,18,19,20,21). The molecule has 0 atom stereocenters. The van der Waals surface area contributed by atoms with Crippen LogP contribution in [0.3, 0.4) is 0 Å². The number of nitrogens with zero attached hydrogens (tertiary/aromatic N) is 2. The molecule has 0 unspecified atom stereocenters. The molecule has 1 saturated carbocycles. The molecular formula is C15H17N5O. The maximum absolute atomic E-state index is 11.6. The molecule has 6 heteroatoms. The Kier molecular flexibility index (Phi) is 3.95. The Bertz CT molecular complexity index is 595. The maximum atomic E-state index is 11.6. The number of pyridine rings is 2. The van der Waals surface area contributed by atoms with Gasteiger partial charge in [-0.25, -0.2) is 9.78 Å². The van der Waals surface area contributed by atoms with Crippen molar-refractivity contribution in [2.45, 2.75) is 25.4 Å². The molecule has 108 valence electrons. The second kappa shape index (κ2) is 6.21. The Hall–Kier alpha value is -2.63. The van der Waals surface area contributed by atoms with Gasteiger partial charge in [0.2, 0.25) is 0 Å². The lowest BCUT2D eigenvalue weighted by Gasteiger charge is -2.08. The Labute approximate surface area is 123 Å². The molecule has 2 amide bonds. The van der Waals surface area contributed by atoms with Gasteiger partial charge in [-0.05, 0) is 36.6 Å². The van der Waals surface area contributed by atoms with E-state index in [1.165, 1.54) is 0 Å². The van der Waals surface area contributed by atoms with Crippen molar-refractivity contribution in [3.63, 3.8) is 0 Å². The molecule has 0 aliphatic heterocycles. The van der Waals surface area contributed by atoms with Crippen molar-refractivity contribution in [3.05, 3.63) is 48.4 Å². The number of amides is 2. The van der Waals surface area contributed by atoms with Gasteiger partial charge in [-0.2, -0.15) is 0 Å². The van der Waals surface area contributed by atoms with Gasteiger partial charge in [-0.1, -0.05) is 6.07 Å². The highest BCUT2D eigenvalue weighted by atomic mass is 16.2. The van der Waals surface area contributed by atoms with Crippen LogP contribution in [0.4, 0.5) is 16.3 Å². The molecule has 0 radical (unpaired) electrons. The van der Waals surface area contributed by atoms with Crippen LogP contribution in [0.2, 0.25) is 0 Å². The molecule has 21 heavy (non-hydrogen) atoms. The number of nitrogens with one attached hydrogen (secondary N) is 3. The summed E-state index contributed by atoms with van der Waals surface area (Å²) in [5, 5.41) is 8.82. The molecule has 1 fully saturated rings. The van der Waals surface area contributed by atoms with Crippen LogP contribution in [0.25, 0.3) is 0 Å². The highest BCUT2D eigenvalue weighted by Gasteiger charge is 2.23. The van der Waals surface area contributed by atoms with Crippen LogP contribution < -0.4 is 16.0 Å². The van der Waals surface area contributed by atoms with Crippen LogP contribution in [0.5, 0.6) is 0 Å². The van der Waals surface area contributed by atoms with Crippen molar-refractivity contribution in [2.24, 2.45) is 0 Å². The summed E-state index contributed by atoms with van der Waals surface area (Å²) in [6, 6.07) is 7.71. The molecule has 2 heterocycles. The van der Waals surface area contributed by atoms with E-state index in [4.69, 9.17) is 0 Å². The predicted molar refractivity (Wildman–Crippen MR) is 81.0 cm³/mol. The van der Waals surface area contributed by atoms with Crippen molar-refractivity contribution in [1.82, 2.24) is 15.3 Å². The fourth-order valence-corrected chi connectivity index (χ4v) is 1.84. The zero-order chi connectivity index (χ0) is 14.5. The number of anilines is 2. The lowest BCUT2D eigenvalue weighted by molar-refractivity contribution is 0.251. The van der Waals surface area contributed by atoms with Crippen LogP contribution in [0.15, 0.2) is 42.9 Å². The third-order valence-corrected chi connectivity index (χ3v) is 3.14. The van der Waals surface area contributed by atoms with Gasteiger partial charge in [0.15, 0.2) is 0 Å². The van der Waals surface area contributed by atoms with Gasteiger partial charge < -0.3 is 10.6 Å². The average molecular weight is 283 g/mol. The quantitative estimate of drug-likeness (QED) is 0.787. The Morgan fingerprint density at radius 2 is 2.14 bits per heavy atom. The monoisotopic (exact) mass is 283 g/mol. The van der Waals surface area contributed by atoms with E-state index < -0.39 is 0 Å². The van der Waals surface area contributed by atoms with Gasteiger partial charge in [-0.15, -0.1) is 0 Å². The molecule has 1 aliphatic carbocycles. The summed E-state index contributed by atoms with van der Waals surface area (Å²) in [5.41, 5.74) is 2.00. The first-order chi connectivity index (χ1) is 10.3. The van der Waals surface area contributed by atoms with Gasteiger partial charge in [0.05, 0.1) is 11.9 Å². The average Bonchev–Trinajstić information content (AvgIpc) is 3.31. The van der Waals surface area contributed by atoms with E-state index in [2.05, 4.69) is 25.9 Å². The molecular weight excluding hydrogens is 266 g/mol. The minimum absolute atomic E-state index is 0.193. The summed E-state index contributed by atoms with van der Waals surface area (Å²) in [6.07, 6.45) is 7.40. The van der Waals surface area contributed by atoms with Crippen LogP contribution in [-0.4, -0.2) is 22.0 Å². The lowest BCUT2D eigenvalue weighted by Crippen LogP contribution is -2.30. The van der Waals surface area contributed by atoms with Gasteiger partial charge in [0, 0.05) is 25.0 Å². The van der Waals surface area contributed by atoms with Crippen LogP contribution in [-0.2, 0) is 6.54 Å². The first kappa shape index (κ1) is 13.4. The van der Waals surface area contributed by atoms with Crippen LogP contribution in [0, 0.1) is 0 Å². The molecule has 6 nitrogen and oxygen atoms in total. The number of urea groups is 1. The minimum Gasteiger partial charge on any atom is -0.380 e. The zero-order valence-electron chi connectivity index (χ0n) is 11.5. The number of rotatable bonds is 5. The molecule has 3 rings (SSSR count). The lowest BCUT2D eigenvalue weighted by atomic mass is 10.3. The second-order valence-corrected chi connectivity index (χ2v) is 5.02. The number of hydrogen-bond acceptors (Lipinski definition) is 4. The SMILES string of the molecule is O=C(Nc1ccc(NCc2cccnc2)cn1)NC1CC1. The molecule has 0 spiro atoms. The van der Waals surface area contributed by atoms with Crippen molar-refractivity contribution in [2.75, 3.05) is 10.6 Å². The van der Waals surface area contributed by atoms with Crippen molar-refractivity contribution < 1.29 is 4.79 Å². The predicted octanol–water partition coefficient (Wildman–Crippen LogP) is 2.37. The van der Waals surface area contributed by atoms with Gasteiger partial charge >= 0.3 is 6.03 Å². The molecule has 2 aromatic heterocycles. The van der Waals surface area contributed by atoms with Gasteiger partial charge in [-0.3, -0.25) is 10.3 Å². The van der Waals surface area contributed by atoms with E-state index in [0.717, 1.165) is 24.1 Å². The number of hydrogen-bond donors (Lipinski definition) is 3. The smallest absolute Gasteiger partial charge is 0.320 e.